The van der Waals surface area contributed by atoms with Gasteiger partial charge in [-0.2, -0.15) is 0 Å². The average molecular weight is 292 g/mol. The van der Waals surface area contributed by atoms with Crippen LogP contribution in [0.3, 0.4) is 0 Å². The SMILES string of the molecule is CCOCCCN1CCC(Nc2nccc(C)n2)C(C)C1. The van der Waals surface area contributed by atoms with Crippen LogP contribution >= 0.6 is 0 Å². The number of hydrogen-bond acceptors (Lipinski definition) is 5. The molecule has 0 aromatic carbocycles. The van der Waals surface area contributed by atoms with Crippen molar-refractivity contribution in [1.82, 2.24) is 14.9 Å². The van der Waals surface area contributed by atoms with E-state index in [0.717, 1.165) is 57.3 Å². The number of aryl methyl sites for hydroxylation is 1. The third-order valence-corrected chi connectivity index (χ3v) is 4.07. The Morgan fingerprint density at radius 3 is 3.05 bits per heavy atom. The molecule has 2 atom stereocenters. The summed E-state index contributed by atoms with van der Waals surface area (Å²) in [5.41, 5.74) is 1.01. The van der Waals surface area contributed by atoms with Gasteiger partial charge in [-0.05, 0) is 38.7 Å². The van der Waals surface area contributed by atoms with Gasteiger partial charge in [0.15, 0.2) is 0 Å². The Morgan fingerprint density at radius 1 is 1.48 bits per heavy atom. The smallest absolute Gasteiger partial charge is 0.223 e. The topological polar surface area (TPSA) is 50.3 Å². The van der Waals surface area contributed by atoms with E-state index in [1.165, 1.54) is 0 Å². The minimum Gasteiger partial charge on any atom is -0.382 e. The first-order valence-electron chi connectivity index (χ1n) is 8.05. The van der Waals surface area contributed by atoms with Gasteiger partial charge in [0.1, 0.15) is 0 Å². The summed E-state index contributed by atoms with van der Waals surface area (Å²) in [5.74, 6) is 1.37. The predicted octanol–water partition coefficient (Wildman–Crippen LogP) is 2.33. The summed E-state index contributed by atoms with van der Waals surface area (Å²) in [6.45, 7) is 11.5. The van der Waals surface area contributed by atoms with Crippen LogP contribution in [0.15, 0.2) is 12.3 Å². The van der Waals surface area contributed by atoms with E-state index in [1.54, 1.807) is 0 Å². The number of rotatable bonds is 7. The molecule has 1 aromatic rings. The highest BCUT2D eigenvalue weighted by Gasteiger charge is 2.26. The van der Waals surface area contributed by atoms with Gasteiger partial charge in [-0.3, -0.25) is 0 Å². The second-order valence-corrected chi connectivity index (χ2v) is 5.89. The molecule has 118 valence electrons. The zero-order valence-electron chi connectivity index (χ0n) is 13.5. The zero-order valence-corrected chi connectivity index (χ0v) is 13.5. The molecular weight excluding hydrogens is 264 g/mol. The molecule has 0 amide bonds. The molecule has 0 radical (unpaired) electrons. The Bertz CT molecular complexity index is 426. The van der Waals surface area contributed by atoms with Gasteiger partial charge in [0, 0.05) is 50.8 Å². The van der Waals surface area contributed by atoms with Gasteiger partial charge in [0.2, 0.25) is 5.95 Å². The van der Waals surface area contributed by atoms with Crippen LogP contribution in [0.2, 0.25) is 0 Å². The Kier molecular flexibility index (Phi) is 6.39. The van der Waals surface area contributed by atoms with E-state index in [1.807, 2.05) is 26.1 Å². The molecule has 5 heteroatoms. The van der Waals surface area contributed by atoms with Crippen LogP contribution in [0.25, 0.3) is 0 Å². The van der Waals surface area contributed by atoms with Gasteiger partial charge in [-0.15, -0.1) is 0 Å². The lowest BCUT2D eigenvalue weighted by molar-refractivity contribution is 0.116. The van der Waals surface area contributed by atoms with E-state index >= 15 is 0 Å². The van der Waals surface area contributed by atoms with Gasteiger partial charge < -0.3 is 15.0 Å². The number of aromatic nitrogens is 2. The van der Waals surface area contributed by atoms with Crippen molar-refractivity contribution in [2.24, 2.45) is 5.92 Å². The molecular formula is C16H28N4O. The molecule has 0 aliphatic carbocycles. The van der Waals surface area contributed by atoms with E-state index in [2.05, 4.69) is 27.1 Å². The van der Waals surface area contributed by atoms with Crippen molar-refractivity contribution in [2.75, 3.05) is 38.2 Å². The standard InChI is InChI=1S/C16H28N4O/c1-4-21-11-5-9-20-10-7-15(13(2)12-20)19-16-17-8-6-14(3)18-16/h6,8,13,15H,4-5,7,9-12H2,1-3H3,(H,17,18,19). The second kappa shape index (κ2) is 8.29. The number of nitrogens with one attached hydrogen (secondary N) is 1. The normalized spacial score (nSPS) is 23.2. The minimum absolute atomic E-state index is 0.468. The lowest BCUT2D eigenvalue weighted by Crippen LogP contribution is -2.45. The van der Waals surface area contributed by atoms with Crippen LogP contribution in [0.5, 0.6) is 0 Å². The van der Waals surface area contributed by atoms with Crippen molar-refractivity contribution < 1.29 is 4.74 Å². The molecule has 0 bridgehead atoms. The molecule has 0 saturated carbocycles. The van der Waals surface area contributed by atoms with E-state index in [9.17, 15) is 0 Å². The van der Waals surface area contributed by atoms with Gasteiger partial charge in [-0.1, -0.05) is 6.92 Å². The highest BCUT2D eigenvalue weighted by Crippen LogP contribution is 2.20. The molecule has 1 aromatic heterocycles. The van der Waals surface area contributed by atoms with Gasteiger partial charge in [-0.25, -0.2) is 9.97 Å². The first kappa shape index (κ1) is 16.2. The van der Waals surface area contributed by atoms with Crippen LogP contribution < -0.4 is 5.32 Å². The summed E-state index contributed by atoms with van der Waals surface area (Å²) in [7, 11) is 0. The lowest BCUT2D eigenvalue weighted by atomic mass is 9.94. The maximum Gasteiger partial charge on any atom is 0.223 e. The maximum absolute atomic E-state index is 5.41. The first-order chi connectivity index (χ1) is 10.2. The fraction of sp³-hybridized carbons (Fsp3) is 0.750. The van der Waals surface area contributed by atoms with E-state index in [4.69, 9.17) is 4.74 Å². The van der Waals surface area contributed by atoms with Crippen LogP contribution in [-0.2, 0) is 4.74 Å². The monoisotopic (exact) mass is 292 g/mol. The number of piperidine rings is 1. The summed E-state index contributed by atoms with van der Waals surface area (Å²) < 4.78 is 5.41. The summed E-state index contributed by atoms with van der Waals surface area (Å²) in [5, 5.41) is 3.49. The Hall–Kier alpha value is -1.20. The third-order valence-electron chi connectivity index (χ3n) is 4.07. The average Bonchev–Trinajstić information content (AvgIpc) is 2.46. The number of ether oxygens (including phenoxy) is 1. The minimum atomic E-state index is 0.468. The molecule has 5 nitrogen and oxygen atoms in total. The second-order valence-electron chi connectivity index (χ2n) is 5.89. The van der Waals surface area contributed by atoms with Crippen LogP contribution in [0.1, 0.15) is 32.4 Å². The molecule has 1 aliphatic heterocycles. The summed E-state index contributed by atoms with van der Waals surface area (Å²) in [6, 6.07) is 2.39. The predicted molar refractivity (Wildman–Crippen MR) is 85.5 cm³/mol. The van der Waals surface area contributed by atoms with Crippen LogP contribution in [0.4, 0.5) is 5.95 Å². The van der Waals surface area contributed by atoms with E-state index < -0.39 is 0 Å². The summed E-state index contributed by atoms with van der Waals surface area (Å²) in [4.78, 5) is 11.3. The van der Waals surface area contributed by atoms with Gasteiger partial charge in [0.05, 0.1) is 0 Å². The molecule has 2 rings (SSSR count). The molecule has 2 unspecified atom stereocenters. The quantitative estimate of drug-likeness (QED) is 0.782. The molecule has 0 spiro atoms. The van der Waals surface area contributed by atoms with E-state index in [-0.39, 0.29) is 0 Å². The van der Waals surface area contributed by atoms with Crippen LogP contribution in [-0.4, -0.2) is 53.8 Å². The Labute approximate surface area is 128 Å². The highest BCUT2D eigenvalue weighted by atomic mass is 16.5. The fourth-order valence-corrected chi connectivity index (χ4v) is 2.87. The highest BCUT2D eigenvalue weighted by molar-refractivity contribution is 5.27. The Morgan fingerprint density at radius 2 is 2.33 bits per heavy atom. The summed E-state index contributed by atoms with van der Waals surface area (Å²) in [6.07, 6.45) is 4.09. The number of likely N-dealkylation sites (tertiary alicyclic amines) is 1. The third kappa shape index (κ3) is 5.25. The van der Waals surface area contributed by atoms with Crippen molar-refractivity contribution in [1.29, 1.82) is 0 Å². The fourth-order valence-electron chi connectivity index (χ4n) is 2.87. The molecule has 1 fully saturated rings. The Balaban J connectivity index is 1.76. The number of anilines is 1. The van der Waals surface area contributed by atoms with Crippen molar-refractivity contribution in [3.8, 4) is 0 Å². The first-order valence-corrected chi connectivity index (χ1v) is 8.05. The van der Waals surface area contributed by atoms with E-state index in [0.29, 0.717) is 12.0 Å². The van der Waals surface area contributed by atoms with Gasteiger partial charge in [0.25, 0.3) is 0 Å². The van der Waals surface area contributed by atoms with Gasteiger partial charge >= 0.3 is 0 Å². The number of nitrogens with zero attached hydrogens (tertiary/aromatic N) is 3. The molecule has 1 N–H and O–H groups in total. The van der Waals surface area contributed by atoms with Crippen molar-refractivity contribution in [3.05, 3.63) is 18.0 Å². The number of hydrogen-bond donors (Lipinski definition) is 1. The lowest BCUT2D eigenvalue weighted by Gasteiger charge is -2.37. The largest absolute Gasteiger partial charge is 0.382 e. The van der Waals surface area contributed by atoms with Crippen LogP contribution in [0, 0.1) is 12.8 Å². The van der Waals surface area contributed by atoms with Crippen molar-refractivity contribution >= 4 is 5.95 Å². The molecule has 1 saturated heterocycles. The maximum atomic E-state index is 5.41. The summed E-state index contributed by atoms with van der Waals surface area (Å²) >= 11 is 0. The van der Waals surface area contributed by atoms with Crippen molar-refractivity contribution in [2.45, 2.75) is 39.7 Å². The molecule has 1 aliphatic rings. The molecule has 21 heavy (non-hydrogen) atoms. The zero-order chi connectivity index (χ0) is 15.1. The molecule has 2 heterocycles. The van der Waals surface area contributed by atoms with Crippen molar-refractivity contribution in [3.63, 3.8) is 0 Å².